The Bertz CT molecular complexity index is 980. The van der Waals surface area contributed by atoms with Crippen molar-refractivity contribution >= 4 is 23.2 Å². The first-order valence-corrected chi connectivity index (χ1v) is 13.4. The van der Waals surface area contributed by atoms with Gasteiger partial charge in [-0.05, 0) is 69.8 Å². The molecule has 0 aliphatic carbocycles. The standard InChI is InChI=1S/C30H46N4O2/c1-8-19-34(10-3,22-28(36)32-30-25(6)16-12-17-26(30)7)20-13-18-33(9-2)21-27(35)31-29-23(4)14-11-15-24(29)5/h11-12,14-17H,8-10,13,18-22H2,1-7H3,(H-,31,32,35,36)/p+1. The minimum absolute atomic E-state index is 0.0204. The molecule has 0 aliphatic heterocycles. The molecular weight excluding hydrogens is 448 g/mol. The van der Waals surface area contributed by atoms with Crippen LogP contribution in [0.4, 0.5) is 11.4 Å². The number of hydrogen-bond acceptors (Lipinski definition) is 3. The summed E-state index contributed by atoms with van der Waals surface area (Å²) in [5.41, 5.74) is 6.18. The number of rotatable bonds is 14. The number of carbonyl (C=O) groups is 2. The monoisotopic (exact) mass is 495 g/mol. The van der Waals surface area contributed by atoms with Crippen LogP contribution in [0.2, 0.25) is 0 Å². The first kappa shape index (κ1) is 29.5. The summed E-state index contributed by atoms with van der Waals surface area (Å²) in [7, 11) is 0. The number of aryl methyl sites for hydroxylation is 4. The molecule has 2 rings (SSSR count). The predicted octanol–water partition coefficient (Wildman–Crippen LogP) is 5.46. The van der Waals surface area contributed by atoms with E-state index in [2.05, 4.69) is 36.3 Å². The average Bonchev–Trinajstić information content (AvgIpc) is 2.83. The Labute approximate surface area is 218 Å². The molecule has 2 N–H and O–H groups in total. The molecule has 0 spiro atoms. The molecule has 6 nitrogen and oxygen atoms in total. The van der Waals surface area contributed by atoms with Gasteiger partial charge >= 0.3 is 0 Å². The quantitative estimate of drug-likeness (QED) is 0.342. The average molecular weight is 496 g/mol. The van der Waals surface area contributed by atoms with Gasteiger partial charge in [-0.2, -0.15) is 0 Å². The summed E-state index contributed by atoms with van der Waals surface area (Å²) in [6.07, 6.45) is 1.97. The molecule has 0 heterocycles. The smallest absolute Gasteiger partial charge is 0.279 e. The molecule has 0 bridgehead atoms. The second-order valence-corrected chi connectivity index (χ2v) is 10.1. The molecule has 2 aromatic rings. The number of anilines is 2. The summed E-state index contributed by atoms with van der Waals surface area (Å²) in [4.78, 5) is 28.1. The second-order valence-electron chi connectivity index (χ2n) is 10.1. The molecular formula is C30H47N4O2+. The Hall–Kier alpha value is -2.70. The number of carbonyl (C=O) groups excluding carboxylic acids is 2. The minimum atomic E-state index is 0.0204. The lowest BCUT2D eigenvalue weighted by Crippen LogP contribution is -2.54. The fourth-order valence-corrected chi connectivity index (χ4v) is 5.04. The van der Waals surface area contributed by atoms with Crippen molar-refractivity contribution < 1.29 is 14.1 Å². The molecule has 0 aliphatic rings. The Morgan fingerprint density at radius 2 is 1.28 bits per heavy atom. The lowest BCUT2D eigenvalue weighted by molar-refractivity contribution is -0.919. The van der Waals surface area contributed by atoms with Crippen LogP contribution in [0.25, 0.3) is 0 Å². The second kappa shape index (κ2) is 14.1. The van der Waals surface area contributed by atoms with Crippen LogP contribution in [-0.2, 0) is 9.59 Å². The maximum atomic E-state index is 13.1. The first-order chi connectivity index (χ1) is 17.1. The van der Waals surface area contributed by atoms with Crippen molar-refractivity contribution in [3.63, 3.8) is 0 Å². The molecule has 0 saturated heterocycles. The molecule has 2 aromatic carbocycles. The van der Waals surface area contributed by atoms with Crippen molar-refractivity contribution in [1.82, 2.24) is 4.90 Å². The number of amides is 2. The van der Waals surface area contributed by atoms with Crippen LogP contribution in [0.5, 0.6) is 0 Å². The maximum Gasteiger partial charge on any atom is 0.279 e. The van der Waals surface area contributed by atoms with Gasteiger partial charge in [0, 0.05) is 24.3 Å². The van der Waals surface area contributed by atoms with Crippen LogP contribution in [-0.4, -0.2) is 67.0 Å². The summed E-state index contributed by atoms with van der Waals surface area (Å²) < 4.78 is 0.763. The van der Waals surface area contributed by atoms with Gasteiger partial charge in [0.2, 0.25) is 5.91 Å². The predicted molar refractivity (Wildman–Crippen MR) is 152 cm³/mol. The van der Waals surface area contributed by atoms with E-state index in [9.17, 15) is 9.59 Å². The molecule has 36 heavy (non-hydrogen) atoms. The summed E-state index contributed by atoms with van der Waals surface area (Å²) in [6.45, 7) is 19.8. The number of quaternary nitrogens is 1. The molecule has 198 valence electrons. The Morgan fingerprint density at radius 1 is 0.778 bits per heavy atom. The normalized spacial score (nSPS) is 12.9. The summed E-state index contributed by atoms with van der Waals surface area (Å²) in [6, 6.07) is 12.1. The molecule has 6 heteroatoms. The van der Waals surface area contributed by atoms with Gasteiger partial charge in [0.15, 0.2) is 6.54 Å². The third-order valence-corrected chi connectivity index (χ3v) is 7.26. The van der Waals surface area contributed by atoms with E-state index in [1.807, 2.05) is 64.1 Å². The fourth-order valence-electron chi connectivity index (χ4n) is 5.04. The van der Waals surface area contributed by atoms with Gasteiger partial charge in [0.05, 0.1) is 26.2 Å². The van der Waals surface area contributed by atoms with Gasteiger partial charge in [0.25, 0.3) is 5.91 Å². The van der Waals surface area contributed by atoms with E-state index < -0.39 is 0 Å². The number of para-hydroxylation sites is 2. The molecule has 0 aromatic heterocycles. The molecule has 0 fully saturated rings. The first-order valence-electron chi connectivity index (χ1n) is 13.4. The van der Waals surface area contributed by atoms with Crippen LogP contribution in [0.1, 0.15) is 55.9 Å². The summed E-state index contributed by atoms with van der Waals surface area (Å²) in [5.74, 6) is 0.0926. The fraction of sp³-hybridized carbons (Fsp3) is 0.533. The highest BCUT2D eigenvalue weighted by atomic mass is 16.2. The van der Waals surface area contributed by atoms with Gasteiger partial charge in [0.1, 0.15) is 0 Å². The minimum Gasteiger partial charge on any atom is -0.324 e. The van der Waals surface area contributed by atoms with E-state index in [0.29, 0.717) is 13.1 Å². The summed E-state index contributed by atoms with van der Waals surface area (Å²) in [5, 5.41) is 6.28. The van der Waals surface area contributed by atoms with E-state index in [-0.39, 0.29) is 11.8 Å². The van der Waals surface area contributed by atoms with Crippen LogP contribution >= 0.6 is 0 Å². The Morgan fingerprint density at radius 3 is 1.72 bits per heavy atom. The zero-order chi connectivity index (χ0) is 26.7. The van der Waals surface area contributed by atoms with Gasteiger partial charge in [-0.1, -0.05) is 50.2 Å². The van der Waals surface area contributed by atoms with Gasteiger partial charge < -0.3 is 15.1 Å². The van der Waals surface area contributed by atoms with Crippen LogP contribution in [0, 0.1) is 27.7 Å². The largest absolute Gasteiger partial charge is 0.324 e. The van der Waals surface area contributed by atoms with E-state index in [1.165, 1.54) is 0 Å². The van der Waals surface area contributed by atoms with E-state index >= 15 is 0 Å². The number of benzene rings is 2. The number of nitrogens with zero attached hydrogens (tertiary/aromatic N) is 2. The highest BCUT2D eigenvalue weighted by Gasteiger charge is 2.28. The third kappa shape index (κ3) is 8.45. The van der Waals surface area contributed by atoms with Crippen molar-refractivity contribution in [1.29, 1.82) is 0 Å². The zero-order valence-corrected chi connectivity index (χ0v) is 23.5. The highest BCUT2D eigenvalue weighted by molar-refractivity contribution is 5.94. The SMILES string of the molecule is CCC[N+](CC)(CCCN(CC)CC(=O)Nc1c(C)cccc1C)CC(=O)Nc1c(C)cccc1C. The van der Waals surface area contributed by atoms with E-state index in [0.717, 1.165) is 83.7 Å². The topological polar surface area (TPSA) is 61.4 Å². The van der Waals surface area contributed by atoms with Crippen LogP contribution in [0.3, 0.4) is 0 Å². The Kier molecular flexibility index (Phi) is 11.6. The van der Waals surface area contributed by atoms with Crippen molar-refractivity contribution in [2.24, 2.45) is 0 Å². The van der Waals surface area contributed by atoms with Crippen molar-refractivity contribution in [2.75, 3.05) is 56.4 Å². The molecule has 0 radical (unpaired) electrons. The maximum absolute atomic E-state index is 13.1. The molecule has 1 unspecified atom stereocenters. The molecule has 1 atom stereocenters. The van der Waals surface area contributed by atoms with Crippen LogP contribution < -0.4 is 10.6 Å². The van der Waals surface area contributed by atoms with Gasteiger partial charge in [-0.3, -0.25) is 14.5 Å². The third-order valence-electron chi connectivity index (χ3n) is 7.26. The number of likely N-dealkylation sites (N-methyl/N-ethyl adjacent to an activating group) is 2. The lowest BCUT2D eigenvalue weighted by atomic mass is 10.1. The van der Waals surface area contributed by atoms with Crippen molar-refractivity contribution in [2.45, 2.75) is 61.3 Å². The van der Waals surface area contributed by atoms with E-state index in [4.69, 9.17) is 0 Å². The highest BCUT2D eigenvalue weighted by Crippen LogP contribution is 2.21. The Balaban J connectivity index is 1.97. The molecule has 2 amide bonds. The van der Waals surface area contributed by atoms with Crippen molar-refractivity contribution in [3.05, 3.63) is 58.7 Å². The number of nitrogens with one attached hydrogen (secondary N) is 2. The molecule has 0 saturated carbocycles. The van der Waals surface area contributed by atoms with Gasteiger partial charge in [-0.25, -0.2) is 0 Å². The number of hydrogen-bond donors (Lipinski definition) is 2. The summed E-state index contributed by atoms with van der Waals surface area (Å²) >= 11 is 0. The lowest BCUT2D eigenvalue weighted by Gasteiger charge is -2.37. The zero-order valence-electron chi connectivity index (χ0n) is 23.5. The van der Waals surface area contributed by atoms with Crippen LogP contribution in [0.15, 0.2) is 36.4 Å². The van der Waals surface area contributed by atoms with Crippen molar-refractivity contribution in [3.8, 4) is 0 Å². The van der Waals surface area contributed by atoms with E-state index in [1.54, 1.807) is 0 Å². The van der Waals surface area contributed by atoms with Gasteiger partial charge in [-0.15, -0.1) is 0 Å².